The normalized spacial score (nSPS) is 11.6. The summed E-state index contributed by atoms with van der Waals surface area (Å²) in [7, 11) is 0. The van der Waals surface area contributed by atoms with Crippen LogP contribution in [-0.2, 0) is 4.74 Å². The average molecular weight is 265 g/mol. The van der Waals surface area contributed by atoms with Crippen molar-refractivity contribution < 1.29 is 22.3 Å². The van der Waals surface area contributed by atoms with Crippen molar-refractivity contribution in [2.24, 2.45) is 0 Å². The van der Waals surface area contributed by atoms with Crippen LogP contribution >= 0.6 is 0 Å². The lowest BCUT2D eigenvalue weighted by molar-refractivity contribution is -0.137. The van der Waals surface area contributed by atoms with Crippen LogP contribution in [0.15, 0.2) is 24.3 Å². The highest BCUT2D eigenvalue weighted by molar-refractivity contribution is 5.44. The average Bonchev–Trinajstić information content (AvgIpc) is 2.28. The maximum atomic E-state index is 13.1. The third-order valence-corrected chi connectivity index (χ3v) is 2.18. The maximum absolute atomic E-state index is 13.1. The zero-order chi connectivity index (χ0) is 13.4. The molecule has 6 heteroatoms. The summed E-state index contributed by atoms with van der Waals surface area (Å²) in [4.78, 5) is 0. The van der Waals surface area contributed by atoms with Crippen LogP contribution in [-0.4, -0.2) is 25.9 Å². The lowest BCUT2D eigenvalue weighted by Crippen LogP contribution is -2.13. The summed E-state index contributed by atoms with van der Waals surface area (Å²) >= 11 is 0. The highest BCUT2D eigenvalue weighted by Crippen LogP contribution is 2.20. The predicted octanol–water partition coefficient (Wildman–Crippen LogP) is 3.60. The molecule has 0 aliphatic rings. The molecule has 1 aromatic rings. The Morgan fingerprint density at radius 3 is 2.50 bits per heavy atom. The molecule has 18 heavy (non-hydrogen) atoms. The Labute approximate surface area is 103 Å². The van der Waals surface area contributed by atoms with E-state index in [0.29, 0.717) is 12.2 Å². The Hall–Kier alpha value is -1.30. The lowest BCUT2D eigenvalue weighted by atomic mass is 10.3. The third-order valence-electron chi connectivity index (χ3n) is 2.18. The Morgan fingerprint density at radius 1 is 1.11 bits per heavy atom. The minimum absolute atomic E-state index is 0.0524. The molecule has 0 fully saturated rings. The maximum Gasteiger partial charge on any atom is 0.389 e. The van der Waals surface area contributed by atoms with Gasteiger partial charge in [0.25, 0.3) is 0 Å². The third kappa shape index (κ3) is 6.44. The molecule has 1 N–H and O–H groups in total. The van der Waals surface area contributed by atoms with E-state index in [1.165, 1.54) is 6.07 Å². The van der Waals surface area contributed by atoms with Crippen molar-refractivity contribution >= 4 is 5.69 Å². The second-order valence-electron chi connectivity index (χ2n) is 3.74. The van der Waals surface area contributed by atoms with Crippen molar-refractivity contribution in [1.29, 1.82) is 0 Å². The lowest BCUT2D eigenvalue weighted by Gasteiger charge is -2.09. The van der Waals surface area contributed by atoms with Gasteiger partial charge in [0.05, 0.1) is 12.3 Å². The molecule has 0 spiro atoms. The quantitative estimate of drug-likeness (QED) is 0.601. The van der Waals surface area contributed by atoms with E-state index < -0.39 is 12.6 Å². The summed E-state index contributed by atoms with van der Waals surface area (Å²) in [6.07, 6.45) is -5.02. The Morgan fingerprint density at radius 2 is 1.83 bits per heavy atom. The summed E-state index contributed by atoms with van der Waals surface area (Å²) in [5.41, 5.74) is 0.358. The molecule has 0 aliphatic heterocycles. The minimum Gasteiger partial charge on any atom is -0.380 e. The molecule has 0 amide bonds. The first-order valence-corrected chi connectivity index (χ1v) is 5.62. The van der Waals surface area contributed by atoms with Crippen LogP contribution in [0.3, 0.4) is 0 Å². The van der Waals surface area contributed by atoms with Gasteiger partial charge in [-0.05, 0) is 18.6 Å². The van der Waals surface area contributed by atoms with E-state index in [2.05, 4.69) is 5.32 Å². The van der Waals surface area contributed by atoms with Gasteiger partial charge >= 0.3 is 6.18 Å². The number of anilines is 1. The molecule has 0 saturated heterocycles. The fourth-order valence-corrected chi connectivity index (χ4v) is 1.34. The number of hydrogen-bond donors (Lipinski definition) is 1. The van der Waals surface area contributed by atoms with Crippen LogP contribution in [0.2, 0.25) is 0 Å². The smallest absolute Gasteiger partial charge is 0.380 e. The minimum atomic E-state index is -4.13. The number of rotatable bonds is 7. The molecular formula is C12H15F4NO. The van der Waals surface area contributed by atoms with E-state index in [-0.39, 0.29) is 25.5 Å². The van der Waals surface area contributed by atoms with Gasteiger partial charge in [-0.25, -0.2) is 4.39 Å². The Kier molecular flexibility index (Phi) is 5.91. The molecule has 0 radical (unpaired) electrons. The molecule has 102 valence electrons. The number of hydrogen-bond acceptors (Lipinski definition) is 2. The van der Waals surface area contributed by atoms with Gasteiger partial charge in [0, 0.05) is 19.6 Å². The molecule has 0 aromatic heterocycles. The Balaban J connectivity index is 2.04. The van der Waals surface area contributed by atoms with Crippen LogP contribution in [0.1, 0.15) is 12.8 Å². The van der Waals surface area contributed by atoms with Crippen molar-refractivity contribution in [1.82, 2.24) is 0 Å². The van der Waals surface area contributed by atoms with E-state index in [4.69, 9.17) is 4.74 Å². The predicted molar refractivity (Wildman–Crippen MR) is 61.0 cm³/mol. The van der Waals surface area contributed by atoms with Crippen LogP contribution in [0, 0.1) is 5.82 Å². The molecule has 0 saturated carbocycles. The summed E-state index contributed by atoms with van der Waals surface area (Å²) in [5.74, 6) is -0.366. The number of ether oxygens (including phenoxy) is 1. The second kappa shape index (κ2) is 7.20. The van der Waals surface area contributed by atoms with Crippen molar-refractivity contribution in [3.8, 4) is 0 Å². The summed E-state index contributed by atoms with van der Waals surface area (Å²) in [6, 6.07) is 6.18. The zero-order valence-electron chi connectivity index (χ0n) is 9.77. The summed E-state index contributed by atoms with van der Waals surface area (Å²) < 4.78 is 53.5. The monoisotopic (exact) mass is 265 g/mol. The first-order valence-electron chi connectivity index (χ1n) is 5.62. The van der Waals surface area contributed by atoms with Gasteiger partial charge in [-0.15, -0.1) is 0 Å². The highest BCUT2D eigenvalue weighted by Gasteiger charge is 2.25. The number of alkyl halides is 3. The van der Waals surface area contributed by atoms with E-state index >= 15 is 0 Å². The van der Waals surface area contributed by atoms with Crippen molar-refractivity contribution in [2.45, 2.75) is 19.0 Å². The van der Waals surface area contributed by atoms with Crippen LogP contribution in [0.5, 0.6) is 0 Å². The van der Waals surface area contributed by atoms with Crippen LogP contribution < -0.4 is 5.32 Å². The SMILES string of the molecule is Fc1ccccc1NCCOCCCC(F)(F)F. The molecular weight excluding hydrogens is 250 g/mol. The molecule has 1 aromatic carbocycles. The number of nitrogens with one attached hydrogen (secondary N) is 1. The summed E-state index contributed by atoms with van der Waals surface area (Å²) in [5, 5.41) is 2.80. The van der Waals surface area contributed by atoms with E-state index in [1.807, 2.05) is 0 Å². The van der Waals surface area contributed by atoms with Gasteiger partial charge in [0.2, 0.25) is 0 Å². The van der Waals surface area contributed by atoms with Gasteiger partial charge in [-0.3, -0.25) is 0 Å². The largest absolute Gasteiger partial charge is 0.389 e. The molecule has 2 nitrogen and oxygen atoms in total. The molecule has 0 atom stereocenters. The standard InChI is InChI=1S/C12H15F4NO/c13-10-4-1-2-5-11(10)17-7-9-18-8-3-6-12(14,15)16/h1-2,4-5,17H,3,6-9H2. The first-order chi connectivity index (χ1) is 8.49. The van der Waals surface area contributed by atoms with Gasteiger partial charge in [0.1, 0.15) is 5.82 Å². The van der Waals surface area contributed by atoms with Crippen molar-refractivity contribution in [3.63, 3.8) is 0 Å². The topological polar surface area (TPSA) is 21.3 Å². The van der Waals surface area contributed by atoms with E-state index in [1.54, 1.807) is 18.2 Å². The molecule has 1 rings (SSSR count). The van der Waals surface area contributed by atoms with Crippen molar-refractivity contribution in [3.05, 3.63) is 30.1 Å². The van der Waals surface area contributed by atoms with Crippen LogP contribution in [0.4, 0.5) is 23.2 Å². The van der Waals surface area contributed by atoms with E-state index in [9.17, 15) is 17.6 Å². The molecule has 0 unspecified atom stereocenters. The number of halogens is 4. The first kappa shape index (κ1) is 14.8. The molecule has 0 aliphatic carbocycles. The second-order valence-corrected chi connectivity index (χ2v) is 3.74. The fourth-order valence-electron chi connectivity index (χ4n) is 1.34. The fraction of sp³-hybridized carbons (Fsp3) is 0.500. The zero-order valence-corrected chi connectivity index (χ0v) is 9.77. The molecule has 0 bridgehead atoms. The Bertz CT molecular complexity index is 354. The van der Waals surface area contributed by atoms with Gasteiger partial charge in [-0.1, -0.05) is 12.1 Å². The summed E-state index contributed by atoms with van der Waals surface area (Å²) in [6.45, 7) is 0.650. The van der Waals surface area contributed by atoms with Gasteiger partial charge in [0.15, 0.2) is 0 Å². The number of para-hydroxylation sites is 1. The number of benzene rings is 1. The van der Waals surface area contributed by atoms with Crippen molar-refractivity contribution in [2.75, 3.05) is 25.1 Å². The van der Waals surface area contributed by atoms with Gasteiger partial charge < -0.3 is 10.1 Å². The van der Waals surface area contributed by atoms with Crippen LogP contribution in [0.25, 0.3) is 0 Å². The van der Waals surface area contributed by atoms with Gasteiger partial charge in [-0.2, -0.15) is 13.2 Å². The molecule has 0 heterocycles. The highest BCUT2D eigenvalue weighted by atomic mass is 19.4. The van der Waals surface area contributed by atoms with E-state index in [0.717, 1.165) is 0 Å².